The van der Waals surface area contributed by atoms with Gasteiger partial charge < -0.3 is 9.25 Å². The smallest absolute Gasteiger partial charge is 0.441 e. The predicted octanol–water partition coefficient (Wildman–Crippen LogP) is 2.06. The third kappa shape index (κ3) is 2.43. The van der Waals surface area contributed by atoms with Crippen LogP contribution in [0.25, 0.3) is 0 Å². The molecule has 118 valence electrons. The summed E-state index contributed by atoms with van der Waals surface area (Å²) in [7, 11) is 0. The number of alkyl halides is 3. The van der Waals surface area contributed by atoms with Gasteiger partial charge in [-0.2, -0.15) is 18.2 Å². The summed E-state index contributed by atoms with van der Waals surface area (Å²) in [6.07, 6.45) is -4.46. The zero-order chi connectivity index (χ0) is 16.8. The van der Waals surface area contributed by atoms with Crippen LogP contribution in [0, 0.1) is 0 Å². The SMILES string of the molecule is O=C(ON1C(=O)c2ccccc2C1=O)c1coc(C(F)(F)F)n1. The summed E-state index contributed by atoms with van der Waals surface area (Å²) in [5.41, 5.74) is -0.795. The number of hydrogen-bond donors (Lipinski definition) is 0. The van der Waals surface area contributed by atoms with Crippen molar-refractivity contribution in [3.8, 4) is 0 Å². The van der Waals surface area contributed by atoms with Crippen LogP contribution in [0.15, 0.2) is 34.9 Å². The summed E-state index contributed by atoms with van der Waals surface area (Å²) in [6, 6.07) is 5.70. The molecule has 10 heteroatoms. The molecule has 7 nitrogen and oxygen atoms in total. The standard InChI is InChI=1S/C13H5F3N2O5/c14-13(15,16)12-17-8(5-22-12)11(21)23-18-9(19)6-3-1-2-4-7(6)10(18)20/h1-5H. The first-order valence-electron chi connectivity index (χ1n) is 6.02. The molecule has 0 spiro atoms. The number of carbonyl (C=O) groups is 3. The van der Waals surface area contributed by atoms with Crippen molar-refractivity contribution in [1.29, 1.82) is 0 Å². The van der Waals surface area contributed by atoms with Gasteiger partial charge in [0.25, 0.3) is 11.8 Å². The van der Waals surface area contributed by atoms with Crippen LogP contribution in [0.4, 0.5) is 13.2 Å². The van der Waals surface area contributed by atoms with Crippen molar-refractivity contribution in [2.45, 2.75) is 6.18 Å². The number of nitrogens with zero attached hydrogens (tertiary/aromatic N) is 2. The molecule has 1 aliphatic heterocycles. The lowest BCUT2D eigenvalue weighted by Crippen LogP contribution is -2.32. The Morgan fingerprint density at radius 2 is 1.70 bits per heavy atom. The van der Waals surface area contributed by atoms with Gasteiger partial charge in [0.05, 0.1) is 11.1 Å². The van der Waals surface area contributed by atoms with Gasteiger partial charge in [0.15, 0.2) is 5.69 Å². The summed E-state index contributed by atoms with van der Waals surface area (Å²) >= 11 is 0. The van der Waals surface area contributed by atoms with Crippen LogP contribution < -0.4 is 0 Å². The van der Waals surface area contributed by atoms with Crippen LogP contribution >= 0.6 is 0 Å². The van der Waals surface area contributed by atoms with Gasteiger partial charge in [-0.05, 0) is 12.1 Å². The minimum absolute atomic E-state index is 0.0152. The topological polar surface area (TPSA) is 89.7 Å². The Balaban J connectivity index is 1.81. The largest absolute Gasteiger partial charge is 0.468 e. The third-order valence-corrected chi connectivity index (χ3v) is 2.89. The van der Waals surface area contributed by atoms with E-state index in [0.717, 1.165) is 0 Å². The number of aromatic nitrogens is 1. The predicted molar refractivity (Wildman–Crippen MR) is 63.9 cm³/mol. The summed E-state index contributed by atoms with van der Waals surface area (Å²) in [4.78, 5) is 43.1. The van der Waals surface area contributed by atoms with Gasteiger partial charge in [0, 0.05) is 0 Å². The molecule has 2 amide bonds. The lowest BCUT2D eigenvalue weighted by Gasteiger charge is -2.11. The van der Waals surface area contributed by atoms with E-state index in [0.29, 0.717) is 6.26 Å². The van der Waals surface area contributed by atoms with Crippen molar-refractivity contribution in [3.63, 3.8) is 0 Å². The van der Waals surface area contributed by atoms with Crippen LogP contribution in [0.2, 0.25) is 0 Å². The van der Waals surface area contributed by atoms with Crippen molar-refractivity contribution in [2.24, 2.45) is 0 Å². The fraction of sp³-hybridized carbons (Fsp3) is 0.0769. The van der Waals surface area contributed by atoms with Gasteiger partial charge in [0.2, 0.25) is 0 Å². The summed E-state index contributed by atoms with van der Waals surface area (Å²) in [5.74, 6) is -4.89. The van der Waals surface area contributed by atoms with E-state index in [-0.39, 0.29) is 16.2 Å². The van der Waals surface area contributed by atoms with E-state index in [1.54, 1.807) is 0 Å². The number of oxazole rings is 1. The molecular weight excluding hydrogens is 321 g/mol. The van der Waals surface area contributed by atoms with Crippen molar-refractivity contribution in [2.75, 3.05) is 0 Å². The number of halogens is 3. The van der Waals surface area contributed by atoms with Gasteiger partial charge in [-0.3, -0.25) is 9.59 Å². The Kier molecular flexibility index (Phi) is 3.17. The monoisotopic (exact) mass is 326 g/mol. The van der Waals surface area contributed by atoms with Gasteiger partial charge >= 0.3 is 18.0 Å². The van der Waals surface area contributed by atoms with Gasteiger partial charge in [0.1, 0.15) is 6.26 Å². The van der Waals surface area contributed by atoms with Crippen LogP contribution in [-0.2, 0) is 11.0 Å². The number of rotatable bonds is 2. The minimum Gasteiger partial charge on any atom is -0.441 e. The van der Waals surface area contributed by atoms with Crippen molar-refractivity contribution in [1.82, 2.24) is 10.0 Å². The summed E-state index contributed by atoms with van der Waals surface area (Å²) in [5, 5.41) is 0.162. The highest BCUT2D eigenvalue weighted by Gasteiger charge is 2.41. The van der Waals surface area contributed by atoms with Gasteiger partial charge in [-0.1, -0.05) is 17.2 Å². The molecule has 3 rings (SSSR count). The Bertz CT molecular complexity index is 792. The average molecular weight is 326 g/mol. The lowest BCUT2D eigenvalue weighted by atomic mass is 10.1. The highest BCUT2D eigenvalue weighted by molar-refractivity contribution is 6.21. The number of imide groups is 1. The normalized spacial score (nSPS) is 14.1. The molecule has 23 heavy (non-hydrogen) atoms. The Morgan fingerprint density at radius 1 is 1.13 bits per heavy atom. The molecule has 2 aromatic rings. The zero-order valence-electron chi connectivity index (χ0n) is 11.0. The fourth-order valence-corrected chi connectivity index (χ4v) is 1.88. The summed E-state index contributed by atoms with van der Waals surface area (Å²) < 4.78 is 41.1. The first kappa shape index (κ1) is 14.8. The zero-order valence-corrected chi connectivity index (χ0v) is 11.0. The molecule has 2 heterocycles. The third-order valence-electron chi connectivity index (χ3n) is 2.89. The number of hydrogen-bond acceptors (Lipinski definition) is 6. The maximum absolute atomic E-state index is 12.3. The second-order valence-corrected chi connectivity index (χ2v) is 4.36. The second-order valence-electron chi connectivity index (χ2n) is 4.36. The first-order chi connectivity index (χ1) is 10.8. The molecule has 0 atom stereocenters. The molecule has 0 aliphatic carbocycles. The molecular formula is C13H5F3N2O5. The minimum atomic E-state index is -4.88. The molecule has 0 saturated carbocycles. The van der Waals surface area contributed by atoms with E-state index in [1.807, 2.05) is 0 Å². The first-order valence-corrected chi connectivity index (χ1v) is 6.02. The van der Waals surface area contributed by atoms with E-state index in [9.17, 15) is 27.6 Å². The van der Waals surface area contributed by atoms with Gasteiger partial charge in [-0.25, -0.2) is 4.79 Å². The van der Waals surface area contributed by atoms with E-state index >= 15 is 0 Å². The Morgan fingerprint density at radius 3 is 2.17 bits per heavy atom. The molecule has 0 radical (unpaired) electrons. The highest BCUT2D eigenvalue weighted by Crippen LogP contribution is 2.29. The number of benzene rings is 1. The maximum Gasteiger partial charge on any atom is 0.468 e. The molecule has 0 N–H and O–H groups in total. The van der Waals surface area contributed by atoms with Crippen LogP contribution in [0.1, 0.15) is 37.1 Å². The molecule has 0 saturated heterocycles. The molecule has 0 bridgehead atoms. The fourth-order valence-electron chi connectivity index (χ4n) is 1.88. The van der Waals surface area contributed by atoms with Crippen molar-refractivity contribution >= 4 is 17.8 Å². The number of hydroxylamine groups is 2. The van der Waals surface area contributed by atoms with Crippen molar-refractivity contribution in [3.05, 3.63) is 53.2 Å². The number of carbonyl (C=O) groups excluding carboxylic acids is 3. The van der Waals surface area contributed by atoms with Gasteiger partial charge in [-0.15, -0.1) is 0 Å². The van der Waals surface area contributed by atoms with Crippen molar-refractivity contribution < 1.29 is 36.8 Å². The maximum atomic E-state index is 12.3. The lowest BCUT2D eigenvalue weighted by molar-refractivity contribution is -0.157. The molecule has 1 aliphatic rings. The Labute approximate surface area is 125 Å². The second kappa shape index (κ2) is 4.93. The highest BCUT2D eigenvalue weighted by atomic mass is 19.4. The Hall–Kier alpha value is -3.17. The summed E-state index contributed by atoms with van der Waals surface area (Å²) in [6.45, 7) is 0. The van der Waals surface area contributed by atoms with Crippen LogP contribution in [0.5, 0.6) is 0 Å². The van der Waals surface area contributed by atoms with E-state index in [4.69, 9.17) is 0 Å². The molecule has 1 aromatic heterocycles. The van der Waals surface area contributed by atoms with Crippen LogP contribution in [-0.4, -0.2) is 27.8 Å². The number of amides is 2. The molecule has 1 aromatic carbocycles. The number of fused-ring (bicyclic) bond motifs is 1. The van der Waals surface area contributed by atoms with Crippen LogP contribution in [0.3, 0.4) is 0 Å². The quantitative estimate of drug-likeness (QED) is 0.785. The molecule has 0 unspecified atom stereocenters. The van der Waals surface area contributed by atoms with E-state index in [2.05, 4.69) is 14.2 Å². The van der Waals surface area contributed by atoms with E-state index in [1.165, 1.54) is 24.3 Å². The average Bonchev–Trinajstić information content (AvgIpc) is 3.08. The molecule has 0 fully saturated rings. The van der Waals surface area contributed by atoms with E-state index < -0.39 is 35.5 Å².